The van der Waals surface area contributed by atoms with E-state index in [9.17, 15) is 4.79 Å². The van der Waals surface area contributed by atoms with Gasteiger partial charge in [0, 0.05) is 10.0 Å². The van der Waals surface area contributed by atoms with Gasteiger partial charge in [-0.05, 0) is 23.6 Å². The lowest BCUT2D eigenvalue weighted by Gasteiger charge is -2.28. The van der Waals surface area contributed by atoms with Gasteiger partial charge in [-0.3, -0.25) is 4.79 Å². The van der Waals surface area contributed by atoms with Crippen molar-refractivity contribution in [3.8, 4) is 5.75 Å². The molecule has 1 fully saturated rings. The summed E-state index contributed by atoms with van der Waals surface area (Å²) in [5.41, 5.74) is 1.06. The van der Waals surface area contributed by atoms with E-state index in [0.717, 1.165) is 15.8 Å². The smallest absolute Gasteiger partial charge is 0.227 e. The van der Waals surface area contributed by atoms with Gasteiger partial charge in [-0.2, -0.15) is 0 Å². The molecule has 1 aromatic rings. The van der Waals surface area contributed by atoms with Crippen LogP contribution < -0.4 is 10.1 Å². The van der Waals surface area contributed by atoms with Crippen LogP contribution in [0.25, 0.3) is 0 Å². The summed E-state index contributed by atoms with van der Waals surface area (Å²) in [7, 11) is 0. The second-order valence-electron chi connectivity index (χ2n) is 6.10. The number of halogens is 1. The van der Waals surface area contributed by atoms with Crippen LogP contribution in [0.5, 0.6) is 5.75 Å². The minimum atomic E-state index is -0.203. The van der Waals surface area contributed by atoms with E-state index in [-0.39, 0.29) is 29.4 Å². The van der Waals surface area contributed by atoms with Crippen LogP contribution in [0, 0.1) is 11.3 Å². The largest absolute Gasteiger partial charge is 0.470 e. The van der Waals surface area contributed by atoms with Crippen LogP contribution in [0.3, 0.4) is 0 Å². The van der Waals surface area contributed by atoms with Crippen LogP contribution in [0.4, 0.5) is 0 Å². The van der Waals surface area contributed by atoms with E-state index in [1.54, 1.807) is 0 Å². The Labute approximate surface area is 115 Å². The number of benzene rings is 1. The van der Waals surface area contributed by atoms with Crippen LogP contribution in [-0.2, 0) is 4.79 Å². The lowest BCUT2D eigenvalue weighted by Crippen LogP contribution is -2.32. The van der Waals surface area contributed by atoms with Gasteiger partial charge in [-0.1, -0.05) is 36.7 Å². The van der Waals surface area contributed by atoms with E-state index >= 15 is 0 Å². The Morgan fingerprint density at radius 1 is 1.33 bits per heavy atom. The number of rotatable bonds is 0. The van der Waals surface area contributed by atoms with Gasteiger partial charge in [0.05, 0.1) is 11.8 Å². The van der Waals surface area contributed by atoms with Crippen molar-refractivity contribution >= 4 is 21.8 Å². The third-order valence-electron chi connectivity index (χ3n) is 3.77. The van der Waals surface area contributed by atoms with Crippen LogP contribution >= 0.6 is 15.9 Å². The number of carbonyl (C=O) groups is 1. The van der Waals surface area contributed by atoms with Gasteiger partial charge < -0.3 is 10.1 Å². The molecule has 2 heterocycles. The van der Waals surface area contributed by atoms with Crippen molar-refractivity contribution in [1.82, 2.24) is 5.32 Å². The van der Waals surface area contributed by atoms with Crippen molar-refractivity contribution in [2.24, 2.45) is 11.3 Å². The highest BCUT2D eigenvalue weighted by molar-refractivity contribution is 9.10. The normalized spacial score (nSPS) is 29.6. The standard InChI is InChI=1S/C14H16BrNO2/c1-14(2,3)11-10-8-6-7(15)4-5-9(8)18-13(10)16-12(11)17/h4-6,10-11,13H,1-3H3,(H,16,17)/t10-,11+,13-/m0/s1. The Kier molecular flexibility index (Phi) is 2.49. The molecule has 0 aromatic heterocycles. The number of nitrogens with one attached hydrogen (secondary N) is 1. The van der Waals surface area contributed by atoms with Gasteiger partial charge >= 0.3 is 0 Å². The molecule has 0 saturated carbocycles. The Bertz CT molecular complexity index is 521. The first-order valence-electron chi connectivity index (χ1n) is 6.14. The van der Waals surface area contributed by atoms with Crippen molar-refractivity contribution in [2.45, 2.75) is 32.9 Å². The maximum atomic E-state index is 12.1. The molecule has 0 aliphatic carbocycles. The molecule has 0 unspecified atom stereocenters. The first kappa shape index (κ1) is 12.0. The fourth-order valence-corrected chi connectivity index (χ4v) is 3.44. The van der Waals surface area contributed by atoms with Crippen LogP contribution in [0.15, 0.2) is 22.7 Å². The minimum absolute atomic E-state index is 0.0435. The molecule has 3 rings (SSSR count). The van der Waals surface area contributed by atoms with Gasteiger partial charge in [0.15, 0.2) is 6.23 Å². The van der Waals surface area contributed by atoms with Crippen molar-refractivity contribution in [3.05, 3.63) is 28.2 Å². The first-order valence-corrected chi connectivity index (χ1v) is 6.94. The molecule has 1 aromatic carbocycles. The number of ether oxygens (including phenoxy) is 1. The molecule has 1 N–H and O–H groups in total. The second-order valence-corrected chi connectivity index (χ2v) is 7.01. The maximum absolute atomic E-state index is 12.1. The Hall–Kier alpha value is -1.03. The average molecular weight is 310 g/mol. The zero-order valence-corrected chi connectivity index (χ0v) is 12.2. The topological polar surface area (TPSA) is 38.3 Å². The number of hydrogen-bond acceptors (Lipinski definition) is 2. The summed E-state index contributed by atoms with van der Waals surface area (Å²) in [6.07, 6.45) is -0.203. The molecule has 2 aliphatic rings. The summed E-state index contributed by atoms with van der Waals surface area (Å²) in [5, 5.41) is 2.96. The fourth-order valence-electron chi connectivity index (χ4n) is 3.06. The molecule has 1 amide bonds. The predicted octanol–water partition coefficient (Wildman–Crippen LogP) is 3.04. The zero-order chi connectivity index (χ0) is 13.1. The number of hydrogen-bond donors (Lipinski definition) is 1. The van der Waals surface area contributed by atoms with Crippen molar-refractivity contribution in [2.75, 3.05) is 0 Å². The summed E-state index contributed by atoms with van der Waals surface area (Å²) in [4.78, 5) is 12.1. The van der Waals surface area contributed by atoms with Gasteiger partial charge in [0.25, 0.3) is 0 Å². The van der Waals surface area contributed by atoms with Crippen LogP contribution in [0.1, 0.15) is 32.3 Å². The SMILES string of the molecule is CC(C)(C)[C@H]1C(=O)N[C@H]2Oc3ccc(Br)cc3[C@H]21. The Morgan fingerprint density at radius 3 is 2.72 bits per heavy atom. The highest BCUT2D eigenvalue weighted by Gasteiger charge is 2.53. The molecule has 96 valence electrons. The molecular formula is C14H16BrNO2. The van der Waals surface area contributed by atoms with E-state index < -0.39 is 0 Å². The fraction of sp³-hybridized carbons (Fsp3) is 0.500. The second kappa shape index (κ2) is 3.73. The predicted molar refractivity (Wildman–Crippen MR) is 72.4 cm³/mol. The summed E-state index contributed by atoms with van der Waals surface area (Å²) >= 11 is 3.49. The van der Waals surface area contributed by atoms with Gasteiger partial charge in [-0.25, -0.2) is 0 Å². The molecular weight excluding hydrogens is 294 g/mol. The molecule has 3 nitrogen and oxygen atoms in total. The summed E-state index contributed by atoms with van der Waals surface area (Å²) < 4.78 is 6.85. The summed E-state index contributed by atoms with van der Waals surface area (Å²) in [6, 6.07) is 6.00. The van der Waals surface area contributed by atoms with Gasteiger partial charge in [0.2, 0.25) is 5.91 Å². The summed E-state index contributed by atoms with van der Waals surface area (Å²) in [5.74, 6) is 1.06. The number of amides is 1. The molecule has 4 heteroatoms. The summed E-state index contributed by atoms with van der Waals surface area (Å²) in [6.45, 7) is 6.32. The van der Waals surface area contributed by atoms with E-state index in [4.69, 9.17) is 4.74 Å². The third-order valence-corrected chi connectivity index (χ3v) is 4.26. The van der Waals surface area contributed by atoms with Gasteiger partial charge in [-0.15, -0.1) is 0 Å². The quantitative estimate of drug-likeness (QED) is 0.800. The molecule has 2 aliphatic heterocycles. The monoisotopic (exact) mass is 309 g/mol. The first-order chi connectivity index (χ1) is 8.38. The number of fused-ring (bicyclic) bond motifs is 3. The Morgan fingerprint density at radius 2 is 2.06 bits per heavy atom. The Balaban J connectivity index is 2.08. The van der Waals surface area contributed by atoms with Crippen molar-refractivity contribution in [1.29, 1.82) is 0 Å². The molecule has 0 radical (unpaired) electrons. The highest BCUT2D eigenvalue weighted by Crippen LogP contribution is 2.51. The molecule has 0 bridgehead atoms. The van der Waals surface area contributed by atoms with Crippen molar-refractivity contribution < 1.29 is 9.53 Å². The maximum Gasteiger partial charge on any atom is 0.227 e. The highest BCUT2D eigenvalue weighted by atomic mass is 79.9. The van der Waals surface area contributed by atoms with Crippen LogP contribution in [-0.4, -0.2) is 12.1 Å². The average Bonchev–Trinajstić information content (AvgIpc) is 2.71. The lowest BCUT2D eigenvalue weighted by molar-refractivity contribution is -0.125. The van der Waals surface area contributed by atoms with Crippen LogP contribution in [0.2, 0.25) is 0 Å². The van der Waals surface area contributed by atoms with E-state index in [0.29, 0.717) is 0 Å². The van der Waals surface area contributed by atoms with E-state index in [2.05, 4.69) is 48.1 Å². The lowest BCUT2D eigenvalue weighted by atomic mass is 9.72. The number of carbonyl (C=O) groups excluding carboxylic acids is 1. The molecule has 0 spiro atoms. The molecule has 3 atom stereocenters. The minimum Gasteiger partial charge on any atom is -0.470 e. The molecule has 1 saturated heterocycles. The molecule has 18 heavy (non-hydrogen) atoms. The third kappa shape index (κ3) is 1.66. The van der Waals surface area contributed by atoms with E-state index in [1.807, 2.05) is 12.1 Å². The zero-order valence-electron chi connectivity index (χ0n) is 10.7. The van der Waals surface area contributed by atoms with Crippen molar-refractivity contribution in [3.63, 3.8) is 0 Å². The van der Waals surface area contributed by atoms with Gasteiger partial charge in [0.1, 0.15) is 5.75 Å². The van der Waals surface area contributed by atoms with E-state index in [1.165, 1.54) is 0 Å².